The molecule has 1 aromatic heterocycles. The number of hydrogen-bond donors (Lipinski definition) is 5. The molecule has 5 N–H and O–H groups in total. The maximum absolute atomic E-state index is 10.1. The molecule has 48 heavy (non-hydrogen) atoms. The monoisotopic (exact) mass is 681 g/mol. The molecule has 0 aliphatic carbocycles. The van der Waals surface area contributed by atoms with Crippen LogP contribution in [0.15, 0.2) is 66.6 Å². The zero-order chi connectivity index (χ0) is 33.6. The van der Waals surface area contributed by atoms with Gasteiger partial charge in [0.15, 0.2) is 0 Å². The summed E-state index contributed by atoms with van der Waals surface area (Å²) in [6.45, 7) is 12.6. The lowest BCUT2D eigenvalue weighted by atomic mass is 9.95. The van der Waals surface area contributed by atoms with Gasteiger partial charge in [-0.3, -0.25) is 14.9 Å². The molecule has 0 spiro atoms. The predicted octanol–water partition coefficient (Wildman–Crippen LogP) is 7.65. The first-order valence-electron chi connectivity index (χ1n) is 16.5. The van der Waals surface area contributed by atoms with Gasteiger partial charge in [-0.25, -0.2) is 0 Å². The summed E-state index contributed by atoms with van der Waals surface area (Å²) in [4.78, 5) is 7.13. The predicted molar refractivity (Wildman–Crippen MR) is 195 cm³/mol. The van der Waals surface area contributed by atoms with E-state index in [-0.39, 0.29) is 11.6 Å². The smallest absolute Gasteiger partial charge is 0.103 e. The Balaban J connectivity index is 1.25. The Bertz CT molecular complexity index is 1940. The molecule has 0 saturated carbocycles. The number of piperidine rings is 1. The molecule has 3 aliphatic rings. The molecule has 4 heterocycles. The van der Waals surface area contributed by atoms with Crippen molar-refractivity contribution in [2.24, 2.45) is 0 Å². The van der Waals surface area contributed by atoms with Crippen LogP contribution < -0.4 is 26.9 Å². The van der Waals surface area contributed by atoms with Gasteiger partial charge in [0.25, 0.3) is 0 Å². The molecule has 3 aromatic carbocycles. The van der Waals surface area contributed by atoms with Gasteiger partial charge in [-0.05, 0) is 87.1 Å². The van der Waals surface area contributed by atoms with Gasteiger partial charge in [-0.15, -0.1) is 5.53 Å². The number of pyridine rings is 1. The Morgan fingerprint density at radius 2 is 1.81 bits per heavy atom. The second-order valence-corrected chi connectivity index (χ2v) is 14.7. The molecule has 7 rings (SSSR count). The summed E-state index contributed by atoms with van der Waals surface area (Å²) >= 11 is 13.4. The fourth-order valence-corrected chi connectivity index (χ4v) is 7.45. The molecular weight excluding hydrogens is 641 g/mol. The highest BCUT2D eigenvalue weighted by atomic mass is 35.5. The van der Waals surface area contributed by atoms with Gasteiger partial charge in [0.2, 0.25) is 0 Å². The first kappa shape index (κ1) is 32.5. The number of nitrogens with one attached hydrogen (secondary N) is 5. The first-order chi connectivity index (χ1) is 23.1. The highest BCUT2D eigenvalue weighted by molar-refractivity contribution is 6.36. The largest absolute Gasteiger partial charge is 0.373 e. The third-order valence-corrected chi connectivity index (χ3v) is 10.5. The lowest BCUT2D eigenvalue weighted by molar-refractivity contribution is 0.0570. The van der Waals surface area contributed by atoms with E-state index in [2.05, 4.69) is 93.0 Å². The number of benzene rings is 3. The van der Waals surface area contributed by atoms with Gasteiger partial charge >= 0.3 is 0 Å². The van der Waals surface area contributed by atoms with Crippen LogP contribution in [0.25, 0.3) is 10.9 Å². The molecule has 9 nitrogen and oxygen atoms in total. The molecule has 0 radical (unpaired) electrons. The van der Waals surface area contributed by atoms with Gasteiger partial charge in [-0.1, -0.05) is 47.5 Å². The zero-order valence-corrected chi connectivity index (χ0v) is 29.2. The Kier molecular flexibility index (Phi) is 8.88. The first-order valence-corrected chi connectivity index (χ1v) is 17.2. The molecule has 0 amide bonds. The second kappa shape index (κ2) is 13.1. The molecule has 11 heteroatoms. The van der Waals surface area contributed by atoms with Crippen molar-refractivity contribution in [1.82, 2.24) is 31.2 Å². The van der Waals surface area contributed by atoms with Crippen molar-refractivity contribution in [1.29, 1.82) is 5.26 Å². The van der Waals surface area contributed by atoms with E-state index >= 15 is 0 Å². The number of fused-ring (bicyclic) bond motifs is 2. The number of likely N-dealkylation sites (tertiary alicyclic amines) is 1. The van der Waals surface area contributed by atoms with Crippen LogP contribution in [0.2, 0.25) is 10.0 Å². The molecule has 3 aliphatic heterocycles. The summed E-state index contributed by atoms with van der Waals surface area (Å²) in [7, 11) is 0. The fourth-order valence-electron chi connectivity index (χ4n) is 7.00. The number of aromatic nitrogens is 1. The van der Waals surface area contributed by atoms with E-state index in [4.69, 9.17) is 23.2 Å². The summed E-state index contributed by atoms with van der Waals surface area (Å²) in [5.74, 6) is 0. The van der Waals surface area contributed by atoms with E-state index in [0.29, 0.717) is 32.9 Å². The van der Waals surface area contributed by atoms with Crippen molar-refractivity contribution < 1.29 is 0 Å². The Morgan fingerprint density at radius 3 is 2.56 bits per heavy atom. The van der Waals surface area contributed by atoms with Crippen LogP contribution >= 0.6 is 23.2 Å². The summed E-state index contributed by atoms with van der Waals surface area (Å²) in [6.07, 6.45) is 5.93. The van der Waals surface area contributed by atoms with Crippen molar-refractivity contribution >= 4 is 51.2 Å². The highest BCUT2D eigenvalue weighted by Gasteiger charge is 2.33. The van der Waals surface area contributed by atoms with Crippen molar-refractivity contribution in [2.45, 2.75) is 71.2 Å². The minimum absolute atomic E-state index is 0.173. The average molecular weight is 683 g/mol. The topological polar surface area (TPSA) is 103 Å². The summed E-state index contributed by atoms with van der Waals surface area (Å²) in [5, 5.41) is 24.9. The normalized spacial score (nSPS) is 17.5. The van der Waals surface area contributed by atoms with E-state index in [1.807, 2.05) is 37.3 Å². The average Bonchev–Trinajstić information content (AvgIpc) is 3.76. The minimum Gasteiger partial charge on any atom is -0.373 e. The maximum atomic E-state index is 10.1. The van der Waals surface area contributed by atoms with E-state index in [1.54, 1.807) is 6.20 Å². The van der Waals surface area contributed by atoms with Crippen LogP contribution in [0.5, 0.6) is 0 Å². The van der Waals surface area contributed by atoms with Crippen LogP contribution in [0.3, 0.4) is 0 Å². The Labute approximate surface area is 292 Å². The van der Waals surface area contributed by atoms with Gasteiger partial charge in [0.05, 0.1) is 33.5 Å². The lowest BCUT2D eigenvalue weighted by Crippen LogP contribution is -2.52. The highest BCUT2D eigenvalue weighted by Crippen LogP contribution is 2.39. The van der Waals surface area contributed by atoms with E-state index in [0.717, 1.165) is 67.0 Å². The summed E-state index contributed by atoms with van der Waals surface area (Å²) in [6, 6.07) is 18.7. The number of aryl methyl sites for hydroxylation is 1. The van der Waals surface area contributed by atoms with E-state index in [1.165, 1.54) is 16.7 Å². The molecule has 4 aromatic rings. The molecule has 0 unspecified atom stereocenters. The third-order valence-electron chi connectivity index (χ3n) is 9.76. The number of halogens is 2. The quantitative estimate of drug-likeness (QED) is 0.135. The molecule has 248 valence electrons. The third kappa shape index (κ3) is 6.39. The SMILES string of the molecule is Cc1ccc(Nc2c(C#N)cnc3c(Cl)cc(N[C@H](C4=CN(C5CCN(C(C)(C)C)CC5)NN4)c4cccc5c4CNC5)cc23)cc1Cl. The molecule has 0 bridgehead atoms. The van der Waals surface area contributed by atoms with Gasteiger partial charge in [-0.2, -0.15) is 5.26 Å². The van der Waals surface area contributed by atoms with Crippen molar-refractivity contribution in [2.75, 3.05) is 23.7 Å². The van der Waals surface area contributed by atoms with E-state index < -0.39 is 0 Å². The van der Waals surface area contributed by atoms with Crippen LogP contribution in [0.4, 0.5) is 17.1 Å². The summed E-state index contributed by atoms with van der Waals surface area (Å²) < 4.78 is 0. The number of hydrogen-bond acceptors (Lipinski definition) is 9. The van der Waals surface area contributed by atoms with Gasteiger partial charge in [0.1, 0.15) is 6.07 Å². The van der Waals surface area contributed by atoms with Gasteiger partial charge in [0, 0.05) is 71.9 Å². The number of rotatable bonds is 7. The van der Waals surface area contributed by atoms with E-state index in [9.17, 15) is 5.26 Å². The number of anilines is 3. The maximum Gasteiger partial charge on any atom is 0.103 e. The lowest BCUT2D eigenvalue weighted by Gasteiger charge is -2.42. The fraction of sp³-hybridized carbons (Fsp3) is 0.351. The molecule has 1 fully saturated rings. The van der Waals surface area contributed by atoms with Crippen LogP contribution in [0, 0.1) is 18.3 Å². The van der Waals surface area contributed by atoms with Crippen molar-refractivity contribution in [3.63, 3.8) is 0 Å². The number of nitrogens with zero attached hydrogens (tertiary/aromatic N) is 4. The Morgan fingerprint density at radius 1 is 1.02 bits per heavy atom. The zero-order valence-electron chi connectivity index (χ0n) is 27.7. The second-order valence-electron chi connectivity index (χ2n) is 13.9. The van der Waals surface area contributed by atoms with Crippen LogP contribution in [0.1, 0.15) is 67.5 Å². The molecule has 1 atom stereocenters. The van der Waals surface area contributed by atoms with Gasteiger partial charge < -0.3 is 21.4 Å². The molecular formula is C37H41Cl2N9. The van der Waals surface area contributed by atoms with Crippen molar-refractivity contribution in [3.05, 3.63) is 104 Å². The standard InChI is InChI=1S/C37H41Cl2N9/c1-22-8-9-25(15-31(22)38)43-34-24(17-40)19-42-35-29(34)14-26(16-32(35)39)44-36(28-7-5-6-23-18-41-20-30(23)28)33-21-48(46-45-33)27-10-12-47(13-11-27)37(2,3)4/h5-9,14-16,19,21,27,36,41,44-46H,10-13,18,20H2,1-4H3,(H,42,43)/t36-/m0/s1. The molecule has 1 saturated heterocycles. The number of nitriles is 1. The van der Waals surface area contributed by atoms with Crippen molar-refractivity contribution in [3.8, 4) is 6.07 Å². The van der Waals surface area contributed by atoms with Crippen LogP contribution in [-0.2, 0) is 13.1 Å². The minimum atomic E-state index is -0.208. The summed E-state index contributed by atoms with van der Waals surface area (Å²) in [5.41, 5.74) is 16.1. The number of hydrazine groups is 2. The van der Waals surface area contributed by atoms with Crippen LogP contribution in [-0.4, -0.2) is 39.6 Å². The Hall–Kier alpha value is -4.04.